The number of amides is 1. The molecule has 3 aromatic rings. The molecular weight excluding hydrogens is 292 g/mol. The summed E-state index contributed by atoms with van der Waals surface area (Å²) in [4.78, 5) is 20.8. The van der Waals surface area contributed by atoms with Crippen LogP contribution in [0.1, 0.15) is 29.2 Å². The number of anilines is 1. The molecular formula is C16H16N6O. The van der Waals surface area contributed by atoms with E-state index in [0.29, 0.717) is 11.4 Å². The van der Waals surface area contributed by atoms with Crippen LogP contribution in [0.5, 0.6) is 0 Å². The number of hydrogen-bond donors (Lipinski definition) is 2. The molecule has 7 heteroatoms. The van der Waals surface area contributed by atoms with E-state index >= 15 is 0 Å². The molecule has 0 radical (unpaired) electrons. The topological polar surface area (TPSA) is 88.5 Å². The zero-order valence-corrected chi connectivity index (χ0v) is 12.5. The fourth-order valence-electron chi connectivity index (χ4n) is 2.81. The van der Waals surface area contributed by atoms with Gasteiger partial charge in [-0.25, -0.2) is 4.98 Å². The number of H-pyrrole nitrogens is 1. The number of aryl methyl sites for hydroxylation is 1. The van der Waals surface area contributed by atoms with Crippen molar-refractivity contribution >= 4 is 11.7 Å². The Balaban J connectivity index is 1.54. The molecule has 4 rings (SSSR count). The standard InChI is InChI=1S/C16H16N6O/c23-16(19-15-10-18-14-3-1-2-8-22(14)15)13-9-12(20-21-13)11-4-6-17-7-5-11/h4-7,9-10H,1-3,8H2,(H,19,23)(H,20,21). The number of imidazole rings is 1. The van der Waals surface area contributed by atoms with Crippen LogP contribution in [0.25, 0.3) is 11.3 Å². The summed E-state index contributed by atoms with van der Waals surface area (Å²) < 4.78 is 2.07. The highest BCUT2D eigenvalue weighted by atomic mass is 16.2. The summed E-state index contributed by atoms with van der Waals surface area (Å²) in [7, 11) is 0. The molecule has 0 unspecified atom stereocenters. The third-order valence-electron chi connectivity index (χ3n) is 4.01. The summed E-state index contributed by atoms with van der Waals surface area (Å²) in [5.74, 6) is 1.56. The molecule has 0 aliphatic carbocycles. The van der Waals surface area contributed by atoms with Crippen LogP contribution in [-0.4, -0.2) is 30.6 Å². The lowest BCUT2D eigenvalue weighted by atomic mass is 10.2. The molecule has 2 N–H and O–H groups in total. The summed E-state index contributed by atoms with van der Waals surface area (Å²) >= 11 is 0. The molecule has 0 fully saturated rings. The maximum atomic E-state index is 12.4. The number of fused-ring (bicyclic) bond motifs is 1. The van der Waals surface area contributed by atoms with Gasteiger partial charge in [0.15, 0.2) is 0 Å². The van der Waals surface area contributed by atoms with Gasteiger partial charge >= 0.3 is 0 Å². The molecule has 1 aliphatic heterocycles. The van der Waals surface area contributed by atoms with E-state index in [1.807, 2.05) is 12.1 Å². The van der Waals surface area contributed by atoms with E-state index in [4.69, 9.17) is 0 Å². The van der Waals surface area contributed by atoms with E-state index in [0.717, 1.165) is 43.0 Å². The number of carbonyl (C=O) groups excluding carboxylic acids is 1. The Kier molecular flexibility index (Phi) is 3.38. The predicted octanol–water partition coefficient (Wildman–Crippen LogP) is 2.26. The number of carbonyl (C=O) groups is 1. The third-order valence-corrected chi connectivity index (χ3v) is 4.01. The third kappa shape index (κ3) is 2.61. The fourth-order valence-corrected chi connectivity index (χ4v) is 2.81. The lowest BCUT2D eigenvalue weighted by Gasteiger charge is -2.16. The molecule has 4 heterocycles. The largest absolute Gasteiger partial charge is 0.315 e. The molecule has 23 heavy (non-hydrogen) atoms. The summed E-state index contributed by atoms with van der Waals surface area (Å²) in [6.45, 7) is 0.899. The molecule has 0 spiro atoms. The zero-order valence-electron chi connectivity index (χ0n) is 12.5. The Bertz CT molecular complexity index is 835. The van der Waals surface area contributed by atoms with Gasteiger partial charge in [0.25, 0.3) is 5.91 Å². The van der Waals surface area contributed by atoms with Crippen molar-refractivity contribution in [3.05, 3.63) is 48.3 Å². The molecule has 0 bridgehead atoms. The molecule has 3 aromatic heterocycles. The van der Waals surface area contributed by atoms with Gasteiger partial charge in [-0.15, -0.1) is 0 Å². The Labute approximate surface area is 132 Å². The Hall–Kier alpha value is -2.96. The van der Waals surface area contributed by atoms with Crippen molar-refractivity contribution in [2.75, 3.05) is 5.32 Å². The van der Waals surface area contributed by atoms with Crippen LogP contribution in [-0.2, 0) is 13.0 Å². The SMILES string of the molecule is O=C(Nc1cnc2n1CCCC2)c1cc(-c2ccncc2)n[nH]1. The number of rotatable bonds is 3. The van der Waals surface area contributed by atoms with Gasteiger partial charge in [0.05, 0.1) is 11.9 Å². The van der Waals surface area contributed by atoms with Gasteiger partial charge < -0.3 is 9.88 Å². The van der Waals surface area contributed by atoms with Crippen LogP contribution in [0.15, 0.2) is 36.8 Å². The second kappa shape index (κ2) is 5.68. The van der Waals surface area contributed by atoms with Gasteiger partial charge in [0, 0.05) is 30.9 Å². The Morgan fingerprint density at radius 3 is 3.00 bits per heavy atom. The normalized spacial score (nSPS) is 13.6. The second-order valence-electron chi connectivity index (χ2n) is 5.53. The summed E-state index contributed by atoms with van der Waals surface area (Å²) in [5, 5.41) is 9.88. The first-order chi connectivity index (χ1) is 11.3. The summed E-state index contributed by atoms with van der Waals surface area (Å²) in [5.41, 5.74) is 2.05. The van der Waals surface area contributed by atoms with E-state index in [1.165, 1.54) is 0 Å². The van der Waals surface area contributed by atoms with Crippen LogP contribution in [0.4, 0.5) is 5.82 Å². The first-order valence-corrected chi connectivity index (χ1v) is 7.63. The van der Waals surface area contributed by atoms with Crippen molar-refractivity contribution < 1.29 is 4.79 Å². The highest BCUT2D eigenvalue weighted by Crippen LogP contribution is 2.21. The monoisotopic (exact) mass is 308 g/mol. The van der Waals surface area contributed by atoms with Gasteiger partial charge in [-0.3, -0.25) is 14.9 Å². The zero-order chi connectivity index (χ0) is 15.6. The molecule has 0 atom stereocenters. The second-order valence-corrected chi connectivity index (χ2v) is 5.53. The smallest absolute Gasteiger partial charge is 0.274 e. The molecule has 0 aromatic carbocycles. The van der Waals surface area contributed by atoms with Crippen LogP contribution in [0.2, 0.25) is 0 Å². The van der Waals surface area contributed by atoms with Crippen LogP contribution in [0, 0.1) is 0 Å². The van der Waals surface area contributed by atoms with Crippen molar-refractivity contribution in [1.82, 2.24) is 24.7 Å². The minimum absolute atomic E-state index is 0.217. The molecule has 0 saturated carbocycles. The van der Waals surface area contributed by atoms with Gasteiger partial charge in [-0.2, -0.15) is 5.10 Å². The van der Waals surface area contributed by atoms with Crippen molar-refractivity contribution in [2.45, 2.75) is 25.8 Å². The lowest BCUT2D eigenvalue weighted by molar-refractivity contribution is 0.102. The van der Waals surface area contributed by atoms with Gasteiger partial charge in [0.1, 0.15) is 17.3 Å². The Morgan fingerprint density at radius 2 is 2.13 bits per heavy atom. The van der Waals surface area contributed by atoms with E-state index in [2.05, 4.69) is 30.0 Å². The average molecular weight is 308 g/mol. The minimum atomic E-state index is -0.217. The minimum Gasteiger partial charge on any atom is -0.315 e. The average Bonchev–Trinajstić information content (AvgIpc) is 3.24. The van der Waals surface area contributed by atoms with Gasteiger partial charge in [0.2, 0.25) is 0 Å². The molecule has 116 valence electrons. The summed E-state index contributed by atoms with van der Waals surface area (Å²) in [6, 6.07) is 5.44. The van der Waals surface area contributed by atoms with Crippen molar-refractivity contribution in [3.63, 3.8) is 0 Å². The first-order valence-electron chi connectivity index (χ1n) is 7.63. The van der Waals surface area contributed by atoms with Crippen LogP contribution >= 0.6 is 0 Å². The van der Waals surface area contributed by atoms with Gasteiger partial charge in [-0.05, 0) is 31.0 Å². The highest BCUT2D eigenvalue weighted by molar-refractivity contribution is 6.03. The number of pyridine rings is 1. The quantitative estimate of drug-likeness (QED) is 0.776. The maximum Gasteiger partial charge on any atom is 0.274 e. The fraction of sp³-hybridized carbons (Fsp3) is 0.250. The van der Waals surface area contributed by atoms with E-state index in [1.54, 1.807) is 24.7 Å². The Morgan fingerprint density at radius 1 is 1.26 bits per heavy atom. The van der Waals surface area contributed by atoms with Crippen LogP contribution < -0.4 is 5.32 Å². The van der Waals surface area contributed by atoms with Gasteiger partial charge in [-0.1, -0.05) is 0 Å². The first kappa shape index (κ1) is 13.7. The summed E-state index contributed by atoms with van der Waals surface area (Å²) in [6.07, 6.45) is 8.35. The maximum absolute atomic E-state index is 12.4. The molecule has 0 saturated heterocycles. The number of nitrogens with one attached hydrogen (secondary N) is 2. The van der Waals surface area contributed by atoms with Crippen molar-refractivity contribution in [1.29, 1.82) is 0 Å². The number of hydrogen-bond acceptors (Lipinski definition) is 4. The van der Waals surface area contributed by atoms with E-state index in [-0.39, 0.29) is 5.91 Å². The molecule has 7 nitrogen and oxygen atoms in total. The van der Waals surface area contributed by atoms with E-state index in [9.17, 15) is 4.79 Å². The van der Waals surface area contributed by atoms with Crippen molar-refractivity contribution in [3.8, 4) is 11.3 Å². The molecule has 1 amide bonds. The number of aromatic nitrogens is 5. The van der Waals surface area contributed by atoms with Crippen LogP contribution in [0.3, 0.4) is 0 Å². The highest BCUT2D eigenvalue weighted by Gasteiger charge is 2.17. The number of nitrogens with zero attached hydrogens (tertiary/aromatic N) is 4. The predicted molar refractivity (Wildman–Crippen MR) is 84.9 cm³/mol. The lowest BCUT2D eigenvalue weighted by Crippen LogP contribution is -2.18. The van der Waals surface area contributed by atoms with E-state index < -0.39 is 0 Å². The number of aromatic amines is 1. The molecule has 1 aliphatic rings. The van der Waals surface area contributed by atoms with Crippen molar-refractivity contribution in [2.24, 2.45) is 0 Å².